The molecule has 4 aliphatic carbocycles. The van der Waals surface area contributed by atoms with Gasteiger partial charge >= 0.3 is 23.5 Å². The van der Waals surface area contributed by atoms with E-state index in [4.69, 9.17) is 19.5 Å². The number of phosphoric acid groups is 3. The Morgan fingerprint density at radius 3 is 2.37 bits per heavy atom. The summed E-state index contributed by atoms with van der Waals surface area (Å²) in [5.41, 5.74) is 3.86. The third-order valence-electron chi connectivity index (χ3n) is 17.1. The molecule has 0 aromatic carbocycles. The fourth-order valence-corrected chi connectivity index (χ4v) is 16.6. The average Bonchev–Trinajstić information content (AvgIpc) is 4.03. The van der Waals surface area contributed by atoms with Gasteiger partial charge in [-0.3, -0.25) is 32.5 Å². The Morgan fingerprint density at radius 1 is 0.947 bits per heavy atom. The van der Waals surface area contributed by atoms with Gasteiger partial charge < -0.3 is 66.2 Å². The number of aromatic nitrogens is 4. The normalized spacial score (nSPS) is 35.0. The van der Waals surface area contributed by atoms with E-state index in [-0.39, 0.29) is 94.0 Å². The highest BCUT2D eigenvalue weighted by Crippen LogP contribution is 2.68. The molecule has 5 aliphatic rings. The van der Waals surface area contributed by atoms with Crippen LogP contribution in [0.5, 0.6) is 0 Å². The lowest BCUT2D eigenvalue weighted by Gasteiger charge is -2.63. The molecular weight excluding hydrogens is 1080 g/mol. The Hall–Kier alpha value is -2.56. The van der Waals surface area contributed by atoms with E-state index in [1.165, 1.54) is 13.8 Å². The smallest absolute Gasteiger partial charge is 0.393 e. The fraction of sp³-hybridized carbons (Fsp3) is 0.822. The molecule has 31 heteroatoms. The number of hydrogen-bond donors (Lipinski definition) is 12. The minimum atomic E-state index is -5.60. The summed E-state index contributed by atoms with van der Waals surface area (Å²) in [7, 11) is -16.5. The van der Waals surface area contributed by atoms with Crippen molar-refractivity contribution < 1.29 is 95.8 Å². The van der Waals surface area contributed by atoms with Gasteiger partial charge in [-0.1, -0.05) is 46.4 Å². The van der Waals surface area contributed by atoms with Crippen molar-refractivity contribution in [1.82, 2.24) is 30.2 Å². The molecular formula is C45H74N7O20P3S. The Bertz CT molecular complexity index is 2560. The molecule has 10 unspecified atom stereocenters. The first-order valence-electron chi connectivity index (χ1n) is 25.5. The van der Waals surface area contributed by atoms with Crippen molar-refractivity contribution in [2.45, 2.75) is 148 Å². The first-order chi connectivity index (χ1) is 35.4. The molecule has 430 valence electrons. The van der Waals surface area contributed by atoms with Crippen LogP contribution in [0.25, 0.3) is 11.2 Å². The summed E-state index contributed by atoms with van der Waals surface area (Å²) in [5, 5.41) is 60.6. The highest BCUT2D eigenvalue weighted by atomic mass is 32.2. The predicted molar refractivity (Wildman–Crippen MR) is 269 cm³/mol. The Labute approximate surface area is 443 Å². The molecule has 18 atom stereocenters. The zero-order valence-corrected chi connectivity index (χ0v) is 46.5. The minimum absolute atomic E-state index is 0.0137. The van der Waals surface area contributed by atoms with Crippen LogP contribution in [0.4, 0.5) is 5.82 Å². The summed E-state index contributed by atoms with van der Waals surface area (Å²) in [5.74, 6) is -0.0993. The molecule has 1 saturated heterocycles. The monoisotopic (exact) mass is 1160 g/mol. The molecule has 7 rings (SSSR count). The maximum absolute atomic E-state index is 13.0. The van der Waals surface area contributed by atoms with Crippen molar-refractivity contribution >= 4 is 69.1 Å². The number of nitrogen functional groups attached to an aromatic ring is 1. The van der Waals surface area contributed by atoms with Crippen molar-refractivity contribution in [2.75, 3.05) is 37.8 Å². The van der Waals surface area contributed by atoms with Gasteiger partial charge in [0.2, 0.25) is 11.8 Å². The number of nitrogens with zero attached hydrogens (tertiary/aromatic N) is 4. The zero-order chi connectivity index (χ0) is 55.9. The van der Waals surface area contributed by atoms with Crippen molar-refractivity contribution in [2.24, 2.45) is 51.8 Å². The van der Waals surface area contributed by atoms with Gasteiger partial charge in [0.15, 0.2) is 22.8 Å². The number of anilines is 1. The van der Waals surface area contributed by atoms with E-state index in [1.54, 1.807) is 0 Å². The van der Waals surface area contributed by atoms with Gasteiger partial charge in [0.1, 0.15) is 36.3 Å². The van der Waals surface area contributed by atoms with Crippen LogP contribution >= 0.6 is 35.2 Å². The first kappa shape index (κ1) is 61.1. The second-order valence-corrected chi connectivity index (χ2v) is 27.7. The van der Waals surface area contributed by atoms with Crippen LogP contribution in [0, 0.1) is 51.8 Å². The fourth-order valence-electron chi connectivity index (χ4n) is 13.0. The molecule has 76 heavy (non-hydrogen) atoms. The summed E-state index contributed by atoms with van der Waals surface area (Å²) < 4.78 is 62.7. The van der Waals surface area contributed by atoms with E-state index in [9.17, 15) is 73.2 Å². The van der Waals surface area contributed by atoms with Gasteiger partial charge in [-0.25, -0.2) is 28.6 Å². The molecule has 4 saturated carbocycles. The highest BCUT2D eigenvalue weighted by molar-refractivity contribution is 8.13. The molecule has 1 aliphatic heterocycles. The highest BCUT2D eigenvalue weighted by Gasteiger charge is 2.66. The summed E-state index contributed by atoms with van der Waals surface area (Å²) in [6, 6.07) is 0. The summed E-state index contributed by atoms with van der Waals surface area (Å²) in [6.07, 6.45) is -1.83. The lowest BCUT2D eigenvalue weighted by molar-refractivity contribution is -0.207. The minimum Gasteiger partial charge on any atom is -0.393 e. The number of nitrogens with one attached hydrogen (secondary N) is 2. The molecule has 5 fully saturated rings. The second-order valence-electron chi connectivity index (χ2n) is 22.3. The molecule has 0 spiro atoms. The number of rotatable bonds is 23. The van der Waals surface area contributed by atoms with E-state index >= 15 is 0 Å². The SMILES string of the molecule is CC(CCC(=O)SCCNC(=O)CCNC(=O)C(O)C(C)(C)COP(=O)(O)OP(=O)(O)OC[C@H]1O[C@@H](n2cnc3c(N)ncnc32)[C@H](O)[C@@H]1OP(=O)(O)O)C1CC[C@H]2C3C(O)CC4C[C@H](O)CCC4(C)[C@H]3C[C@H](O)C12C. The van der Waals surface area contributed by atoms with Crippen LogP contribution < -0.4 is 16.4 Å². The maximum Gasteiger partial charge on any atom is 0.481 e. The number of ether oxygens (including phenoxy) is 1. The molecule has 27 nitrogen and oxygen atoms in total. The van der Waals surface area contributed by atoms with Gasteiger partial charge in [-0.2, -0.15) is 4.31 Å². The number of imidazole rings is 1. The molecule has 2 aromatic heterocycles. The van der Waals surface area contributed by atoms with Crippen molar-refractivity contribution in [3.63, 3.8) is 0 Å². The van der Waals surface area contributed by atoms with Crippen molar-refractivity contribution in [1.29, 1.82) is 0 Å². The molecule has 0 radical (unpaired) electrons. The first-order valence-corrected chi connectivity index (χ1v) is 31.0. The van der Waals surface area contributed by atoms with E-state index in [0.29, 0.717) is 37.9 Å². The molecule has 0 bridgehead atoms. The Balaban J connectivity index is 0.784. The Morgan fingerprint density at radius 2 is 1.66 bits per heavy atom. The third kappa shape index (κ3) is 13.6. The van der Waals surface area contributed by atoms with Gasteiger partial charge in [-0.05, 0) is 97.7 Å². The largest absolute Gasteiger partial charge is 0.481 e. The van der Waals surface area contributed by atoms with Gasteiger partial charge in [0.05, 0.1) is 37.9 Å². The number of thioether (sulfide) groups is 1. The van der Waals surface area contributed by atoms with Gasteiger partial charge in [-0.15, -0.1) is 0 Å². The molecule has 2 amide bonds. The topological polar surface area (TPSA) is 424 Å². The lowest BCUT2D eigenvalue weighted by Crippen LogP contribution is -2.62. The van der Waals surface area contributed by atoms with Gasteiger partial charge in [0, 0.05) is 37.1 Å². The number of carbonyl (C=O) groups excluding carboxylic acids is 3. The number of fused-ring (bicyclic) bond motifs is 6. The van der Waals surface area contributed by atoms with Crippen LogP contribution in [0.2, 0.25) is 0 Å². The van der Waals surface area contributed by atoms with E-state index in [2.05, 4.69) is 55.2 Å². The number of nitrogens with two attached hydrogens (primary N) is 1. The zero-order valence-electron chi connectivity index (χ0n) is 43.0. The number of amides is 2. The summed E-state index contributed by atoms with van der Waals surface area (Å²) in [4.78, 5) is 89.7. The van der Waals surface area contributed by atoms with Crippen molar-refractivity contribution in [3.05, 3.63) is 12.7 Å². The number of aliphatic hydroxyl groups is 5. The lowest BCUT2D eigenvalue weighted by atomic mass is 9.43. The van der Waals surface area contributed by atoms with Gasteiger partial charge in [0.25, 0.3) is 0 Å². The number of phosphoric ester groups is 3. The van der Waals surface area contributed by atoms with E-state index in [1.807, 2.05) is 0 Å². The van der Waals surface area contributed by atoms with Crippen LogP contribution in [-0.2, 0) is 50.7 Å². The number of aliphatic hydroxyl groups excluding tert-OH is 5. The second kappa shape index (κ2) is 23.9. The number of hydrogen-bond acceptors (Lipinski definition) is 21. The summed E-state index contributed by atoms with van der Waals surface area (Å²) >= 11 is 1.10. The van der Waals surface area contributed by atoms with Crippen molar-refractivity contribution in [3.8, 4) is 0 Å². The number of carbonyl (C=O) groups is 3. The maximum atomic E-state index is 13.0. The van der Waals surface area contributed by atoms with Crippen LogP contribution in [0.3, 0.4) is 0 Å². The van der Waals surface area contributed by atoms with Crippen LogP contribution in [-0.4, -0.2) is 156 Å². The summed E-state index contributed by atoms with van der Waals surface area (Å²) in [6.45, 7) is 7.05. The average molecular weight is 1160 g/mol. The molecule has 2 aromatic rings. The Kier molecular flexibility index (Phi) is 19.2. The molecule has 3 heterocycles. The van der Waals surface area contributed by atoms with Crippen LogP contribution in [0.1, 0.15) is 105 Å². The standard InChI is InChI=1S/C45H74N7O20P3S/c1-23(26-7-8-27-34-28(18-31(55)45(26,27)5)44(4)12-10-25(53)16-24(44)17-29(34)54)6-9-33(57)76-15-14-47-32(56)11-13-48-41(60)38(59)43(2,3)20-69-75(66,67)72-74(64,65)68-19-30-37(71-73(61,62)63)36(58)42(70-30)52-22-51-35-39(46)49-21-50-40(35)52/h21-31,34,36-38,42,53-55,58-59H,6-20H2,1-5H3,(H,47,56)(H,48,60)(H,64,65)(H,66,67)(H2,46,49,50)(H2,61,62,63)/t23?,24?,25-,26?,27+,28+,29?,30-,31+,34?,36-,37-,38?,42-,44?,45?/m1/s1. The molecule has 13 N–H and O–H groups in total. The quantitative estimate of drug-likeness (QED) is 0.0559. The predicted octanol–water partition coefficient (Wildman–Crippen LogP) is 2.04. The van der Waals surface area contributed by atoms with E-state index in [0.717, 1.165) is 54.7 Å². The third-order valence-corrected chi connectivity index (χ3v) is 21.1. The van der Waals surface area contributed by atoms with Crippen LogP contribution in [0.15, 0.2) is 12.7 Å². The van der Waals surface area contributed by atoms with E-state index < -0.39 is 96.8 Å².